The lowest BCUT2D eigenvalue weighted by Crippen LogP contribution is -2.23. The maximum Gasteiger partial charge on any atom is 0.121 e. The van der Waals surface area contributed by atoms with E-state index in [4.69, 9.17) is 4.42 Å². The van der Waals surface area contributed by atoms with Crippen molar-refractivity contribution in [3.05, 3.63) is 42.1 Å². The van der Waals surface area contributed by atoms with Gasteiger partial charge in [-0.15, -0.1) is 0 Å². The highest BCUT2D eigenvalue weighted by atomic mass is 16.3. The van der Waals surface area contributed by atoms with Crippen LogP contribution in [0.25, 0.3) is 0 Å². The zero-order chi connectivity index (χ0) is 12.8. The normalized spacial score (nSPS) is 12.8. The van der Waals surface area contributed by atoms with E-state index >= 15 is 0 Å². The van der Waals surface area contributed by atoms with Crippen LogP contribution in [0.1, 0.15) is 37.6 Å². The minimum atomic E-state index is 0.231. The number of aromatic nitrogens is 2. The highest BCUT2D eigenvalue weighted by Gasteiger charge is 2.15. The lowest BCUT2D eigenvalue weighted by atomic mass is 10.1. The molecule has 0 saturated carbocycles. The topological polar surface area (TPSA) is 43.0 Å². The SMILES string of the molecule is CCCNC(Cc1cnn(CC)c1)c1ccco1. The van der Waals surface area contributed by atoms with Crippen molar-refractivity contribution in [2.24, 2.45) is 0 Å². The van der Waals surface area contributed by atoms with Crippen LogP contribution < -0.4 is 5.32 Å². The quantitative estimate of drug-likeness (QED) is 0.818. The average Bonchev–Trinajstić information content (AvgIpc) is 3.05. The first-order valence-electron chi connectivity index (χ1n) is 6.61. The predicted octanol–water partition coefficient (Wildman–Crippen LogP) is 2.78. The van der Waals surface area contributed by atoms with Gasteiger partial charge in [0.15, 0.2) is 0 Å². The second-order valence-electron chi connectivity index (χ2n) is 4.43. The van der Waals surface area contributed by atoms with Gasteiger partial charge in [-0.1, -0.05) is 6.92 Å². The van der Waals surface area contributed by atoms with Crippen LogP contribution in [-0.2, 0) is 13.0 Å². The Kier molecular flexibility index (Phi) is 4.59. The first kappa shape index (κ1) is 12.9. The van der Waals surface area contributed by atoms with E-state index in [1.165, 1.54) is 5.56 Å². The standard InChI is InChI=1S/C14H21N3O/c1-3-7-15-13(14-6-5-8-18-14)9-12-10-16-17(4-2)11-12/h5-6,8,10-11,13,15H,3-4,7,9H2,1-2H3. The summed E-state index contributed by atoms with van der Waals surface area (Å²) in [5.41, 5.74) is 1.24. The van der Waals surface area contributed by atoms with Crippen LogP contribution in [-0.4, -0.2) is 16.3 Å². The summed E-state index contributed by atoms with van der Waals surface area (Å²) in [7, 11) is 0. The molecule has 4 nitrogen and oxygen atoms in total. The van der Waals surface area contributed by atoms with Gasteiger partial charge in [-0.3, -0.25) is 4.68 Å². The maximum atomic E-state index is 5.51. The number of aryl methyl sites for hydroxylation is 1. The van der Waals surface area contributed by atoms with E-state index in [1.807, 2.05) is 23.0 Å². The van der Waals surface area contributed by atoms with E-state index in [9.17, 15) is 0 Å². The van der Waals surface area contributed by atoms with Crippen LogP contribution >= 0.6 is 0 Å². The first-order valence-corrected chi connectivity index (χ1v) is 6.61. The molecule has 0 amide bonds. The van der Waals surface area contributed by atoms with Crippen LogP contribution in [0.15, 0.2) is 35.2 Å². The molecule has 98 valence electrons. The van der Waals surface area contributed by atoms with E-state index in [0.717, 1.165) is 31.7 Å². The molecule has 1 atom stereocenters. The summed E-state index contributed by atoms with van der Waals surface area (Å²) in [4.78, 5) is 0. The summed E-state index contributed by atoms with van der Waals surface area (Å²) in [6.07, 6.45) is 7.79. The van der Waals surface area contributed by atoms with Gasteiger partial charge < -0.3 is 9.73 Å². The molecule has 1 N–H and O–H groups in total. The summed E-state index contributed by atoms with van der Waals surface area (Å²) in [5, 5.41) is 7.82. The molecule has 2 aromatic rings. The first-order chi connectivity index (χ1) is 8.83. The number of nitrogens with one attached hydrogen (secondary N) is 1. The Balaban J connectivity index is 2.04. The molecule has 4 heteroatoms. The molecule has 0 radical (unpaired) electrons. The molecule has 2 heterocycles. The molecule has 0 fully saturated rings. The maximum absolute atomic E-state index is 5.51. The molecule has 0 saturated heterocycles. The molecule has 1 unspecified atom stereocenters. The smallest absolute Gasteiger partial charge is 0.121 e. The molecule has 0 bridgehead atoms. The summed E-state index contributed by atoms with van der Waals surface area (Å²) in [6.45, 7) is 6.17. The van der Waals surface area contributed by atoms with Gasteiger partial charge in [0.2, 0.25) is 0 Å². The Labute approximate surface area is 108 Å². The Morgan fingerprint density at radius 2 is 2.33 bits per heavy atom. The lowest BCUT2D eigenvalue weighted by Gasteiger charge is -2.15. The molecular formula is C14H21N3O. The number of furan rings is 1. The second kappa shape index (κ2) is 6.40. The molecular weight excluding hydrogens is 226 g/mol. The van der Waals surface area contributed by atoms with E-state index in [1.54, 1.807) is 6.26 Å². The van der Waals surface area contributed by atoms with Gasteiger partial charge in [0, 0.05) is 12.7 Å². The van der Waals surface area contributed by atoms with Crippen molar-refractivity contribution in [2.45, 2.75) is 39.3 Å². The van der Waals surface area contributed by atoms with Crippen LogP contribution in [0.5, 0.6) is 0 Å². The third-order valence-electron chi connectivity index (χ3n) is 2.98. The molecule has 0 aliphatic carbocycles. The molecule has 2 aromatic heterocycles. The lowest BCUT2D eigenvalue weighted by molar-refractivity contribution is 0.410. The number of hydrogen-bond acceptors (Lipinski definition) is 3. The molecule has 0 spiro atoms. The van der Waals surface area contributed by atoms with Gasteiger partial charge in [0.1, 0.15) is 5.76 Å². The molecule has 0 aliphatic heterocycles. The number of nitrogens with zero attached hydrogens (tertiary/aromatic N) is 2. The van der Waals surface area contributed by atoms with Gasteiger partial charge in [0.25, 0.3) is 0 Å². The third kappa shape index (κ3) is 3.23. The summed E-state index contributed by atoms with van der Waals surface area (Å²) in [6, 6.07) is 4.19. The summed E-state index contributed by atoms with van der Waals surface area (Å²) < 4.78 is 7.46. The van der Waals surface area contributed by atoms with Crippen molar-refractivity contribution in [1.29, 1.82) is 0 Å². The summed E-state index contributed by atoms with van der Waals surface area (Å²) >= 11 is 0. The van der Waals surface area contributed by atoms with E-state index in [2.05, 4.69) is 30.5 Å². The molecule has 18 heavy (non-hydrogen) atoms. The van der Waals surface area contributed by atoms with Crippen LogP contribution in [0, 0.1) is 0 Å². The van der Waals surface area contributed by atoms with Crippen LogP contribution in [0.2, 0.25) is 0 Å². The van der Waals surface area contributed by atoms with Crippen molar-refractivity contribution in [3.8, 4) is 0 Å². The van der Waals surface area contributed by atoms with Crippen LogP contribution in [0.4, 0.5) is 0 Å². The van der Waals surface area contributed by atoms with E-state index < -0.39 is 0 Å². The zero-order valence-electron chi connectivity index (χ0n) is 11.1. The fourth-order valence-electron chi connectivity index (χ4n) is 2.00. The van der Waals surface area contributed by atoms with Crippen molar-refractivity contribution < 1.29 is 4.42 Å². The van der Waals surface area contributed by atoms with E-state index in [0.29, 0.717) is 0 Å². The highest BCUT2D eigenvalue weighted by molar-refractivity contribution is 5.12. The molecule has 2 rings (SSSR count). The Morgan fingerprint density at radius 1 is 1.44 bits per heavy atom. The van der Waals surface area contributed by atoms with Crippen molar-refractivity contribution >= 4 is 0 Å². The Hall–Kier alpha value is -1.55. The molecule has 0 aromatic carbocycles. The van der Waals surface area contributed by atoms with Crippen LogP contribution in [0.3, 0.4) is 0 Å². The summed E-state index contributed by atoms with van der Waals surface area (Å²) in [5.74, 6) is 0.993. The second-order valence-corrected chi connectivity index (χ2v) is 4.43. The number of rotatable bonds is 7. The Morgan fingerprint density at radius 3 is 2.94 bits per heavy atom. The number of hydrogen-bond donors (Lipinski definition) is 1. The Bertz CT molecular complexity index is 447. The van der Waals surface area contributed by atoms with Crippen molar-refractivity contribution in [2.75, 3.05) is 6.54 Å². The van der Waals surface area contributed by atoms with E-state index in [-0.39, 0.29) is 6.04 Å². The van der Waals surface area contributed by atoms with Gasteiger partial charge in [-0.2, -0.15) is 5.10 Å². The average molecular weight is 247 g/mol. The highest BCUT2D eigenvalue weighted by Crippen LogP contribution is 2.18. The van der Waals surface area contributed by atoms with Gasteiger partial charge in [0.05, 0.1) is 18.5 Å². The van der Waals surface area contributed by atoms with Gasteiger partial charge >= 0.3 is 0 Å². The fourth-order valence-corrected chi connectivity index (χ4v) is 2.00. The predicted molar refractivity (Wildman–Crippen MR) is 71.3 cm³/mol. The monoisotopic (exact) mass is 247 g/mol. The zero-order valence-corrected chi connectivity index (χ0v) is 11.1. The fraction of sp³-hybridized carbons (Fsp3) is 0.500. The van der Waals surface area contributed by atoms with Gasteiger partial charge in [-0.05, 0) is 44.0 Å². The third-order valence-corrected chi connectivity index (χ3v) is 2.98. The van der Waals surface area contributed by atoms with Crippen molar-refractivity contribution in [1.82, 2.24) is 15.1 Å². The van der Waals surface area contributed by atoms with Gasteiger partial charge in [-0.25, -0.2) is 0 Å². The van der Waals surface area contributed by atoms with Crippen molar-refractivity contribution in [3.63, 3.8) is 0 Å². The largest absolute Gasteiger partial charge is 0.468 e. The molecule has 0 aliphatic rings. The minimum absolute atomic E-state index is 0.231. The minimum Gasteiger partial charge on any atom is -0.468 e.